The van der Waals surface area contributed by atoms with Gasteiger partial charge < -0.3 is 14.4 Å². The van der Waals surface area contributed by atoms with Crippen LogP contribution in [0.4, 0.5) is 0 Å². The number of hydrogen-bond acceptors (Lipinski definition) is 4. The molecule has 3 heterocycles. The topological polar surface area (TPSA) is 67.5 Å². The maximum Gasteiger partial charge on any atom is 0.273 e. The van der Waals surface area contributed by atoms with E-state index in [0.717, 1.165) is 54.0 Å². The third-order valence-corrected chi connectivity index (χ3v) is 6.82. The number of H-pyrrole nitrogens is 1. The lowest BCUT2D eigenvalue weighted by molar-refractivity contribution is 0.0495. The number of halogens is 1. The molecule has 1 N–H and O–H groups in total. The molecule has 1 aromatic heterocycles. The molecule has 3 aromatic rings. The largest absolute Gasteiger partial charge is 0.494 e. The molecule has 1 amide bonds. The van der Waals surface area contributed by atoms with Crippen LogP contribution in [-0.2, 0) is 4.74 Å². The molecule has 0 spiro atoms. The van der Waals surface area contributed by atoms with Gasteiger partial charge in [0.2, 0.25) is 0 Å². The number of aromatic amines is 1. The molecule has 2 atom stereocenters. The van der Waals surface area contributed by atoms with Gasteiger partial charge >= 0.3 is 0 Å². The van der Waals surface area contributed by atoms with Gasteiger partial charge in [-0.05, 0) is 55.0 Å². The highest BCUT2D eigenvalue weighted by molar-refractivity contribution is 6.30. The van der Waals surface area contributed by atoms with Crippen LogP contribution in [-0.4, -0.2) is 46.9 Å². The Bertz CT molecular complexity index is 1130. The first-order chi connectivity index (χ1) is 16.5. The Kier molecular flexibility index (Phi) is 6.61. The van der Waals surface area contributed by atoms with Crippen molar-refractivity contribution < 1.29 is 14.3 Å². The average molecular weight is 480 g/mol. The Hall–Kier alpha value is -2.83. The molecule has 5 rings (SSSR count). The third-order valence-electron chi connectivity index (χ3n) is 6.57. The maximum absolute atomic E-state index is 13.5. The Morgan fingerprint density at radius 1 is 1.18 bits per heavy atom. The van der Waals surface area contributed by atoms with Crippen molar-refractivity contribution in [3.05, 3.63) is 70.4 Å². The summed E-state index contributed by atoms with van der Waals surface area (Å²) in [5.74, 6) is 1.39. The van der Waals surface area contributed by atoms with Crippen molar-refractivity contribution in [1.29, 1.82) is 0 Å². The highest BCUT2D eigenvalue weighted by Crippen LogP contribution is 2.43. The molecule has 1 fully saturated rings. The highest BCUT2D eigenvalue weighted by Gasteiger charge is 2.43. The fourth-order valence-electron chi connectivity index (χ4n) is 4.73. The number of nitrogens with zero attached hydrogens (tertiary/aromatic N) is 2. The standard InChI is InChI=1S/C27H30ClN3O3/c1-17(2)13-15-34-21-11-7-19(8-12-21)26-23-24(18-5-9-20(28)10-6-18)29-30-25(23)27(32)31(26)16-22-4-3-14-33-22/h5-12,17,22,26H,3-4,13-16H2,1-2H3,(H,29,30). The summed E-state index contributed by atoms with van der Waals surface area (Å²) in [6.45, 7) is 6.37. The molecule has 2 unspecified atom stereocenters. The Morgan fingerprint density at radius 3 is 2.62 bits per heavy atom. The van der Waals surface area contributed by atoms with E-state index in [-0.39, 0.29) is 18.1 Å². The van der Waals surface area contributed by atoms with Crippen LogP contribution in [0.1, 0.15) is 60.8 Å². The number of hydrogen-bond donors (Lipinski definition) is 1. The van der Waals surface area contributed by atoms with E-state index in [1.807, 2.05) is 41.3 Å². The monoisotopic (exact) mass is 479 g/mol. The van der Waals surface area contributed by atoms with Gasteiger partial charge in [0.25, 0.3) is 5.91 Å². The lowest BCUT2D eigenvalue weighted by Crippen LogP contribution is -2.36. The van der Waals surface area contributed by atoms with Gasteiger partial charge in [-0.3, -0.25) is 9.89 Å². The fraction of sp³-hybridized carbons (Fsp3) is 0.407. The first kappa shape index (κ1) is 22.9. The van der Waals surface area contributed by atoms with Crippen LogP contribution in [0.25, 0.3) is 11.3 Å². The first-order valence-electron chi connectivity index (χ1n) is 12.0. The zero-order chi connectivity index (χ0) is 23.7. The second kappa shape index (κ2) is 9.80. The minimum Gasteiger partial charge on any atom is -0.494 e. The highest BCUT2D eigenvalue weighted by atomic mass is 35.5. The number of amides is 1. The summed E-state index contributed by atoms with van der Waals surface area (Å²) in [5.41, 5.74) is 4.17. The summed E-state index contributed by atoms with van der Waals surface area (Å²) in [6, 6.07) is 15.4. The predicted octanol–water partition coefficient (Wildman–Crippen LogP) is 5.88. The molecule has 2 aromatic carbocycles. The van der Waals surface area contributed by atoms with E-state index in [4.69, 9.17) is 21.1 Å². The SMILES string of the molecule is CC(C)CCOc1ccc(C2c3c(-c4ccc(Cl)cc4)n[nH]c3C(=O)N2CC2CCCO2)cc1. The number of carbonyl (C=O) groups is 1. The van der Waals surface area contributed by atoms with Crippen LogP contribution in [0, 0.1) is 5.92 Å². The molecule has 34 heavy (non-hydrogen) atoms. The number of ether oxygens (including phenoxy) is 2. The van der Waals surface area contributed by atoms with Crippen molar-refractivity contribution in [3.8, 4) is 17.0 Å². The van der Waals surface area contributed by atoms with Crippen molar-refractivity contribution in [2.24, 2.45) is 5.92 Å². The van der Waals surface area contributed by atoms with Crippen molar-refractivity contribution in [3.63, 3.8) is 0 Å². The van der Waals surface area contributed by atoms with Gasteiger partial charge in [-0.2, -0.15) is 5.10 Å². The van der Waals surface area contributed by atoms with Crippen LogP contribution in [0.5, 0.6) is 5.75 Å². The molecule has 6 nitrogen and oxygen atoms in total. The second-order valence-electron chi connectivity index (χ2n) is 9.46. The quantitative estimate of drug-likeness (QED) is 0.438. The van der Waals surface area contributed by atoms with E-state index in [2.05, 4.69) is 36.2 Å². The van der Waals surface area contributed by atoms with Crippen LogP contribution < -0.4 is 4.74 Å². The van der Waals surface area contributed by atoms with E-state index in [1.54, 1.807) is 0 Å². The van der Waals surface area contributed by atoms with E-state index in [0.29, 0.717) is 29.8 Å². The molecule has 2 aliphatic heterocycles. The zero-order valence-electron chi connectivity index (χ0n) is 19.6. The van der Waals surface area contributed by atoms with Gasteiger partial charge in [-0.15, -0.1) is 0 Å². The predicted molar refractivity (Wildman–Crippen MR) is 132 cm³/mol. The lowest BCUT2D eigenvalue weighted by Gasteiger charge is -2.28. The Balaban J connectivity index is 1.49. The van der Waals surface area contributed by atoms with Crippen LogP contribution in [0.3, 0.4) is 0 Å². The molecular formula is C27H30ClN3O3. The molecule has 178 valence electrons. The van der Waals surface area contributed by atoms with Crippen molar-refractivity contribution >= 4 is 17.5 Å². The van der Waals surface area contributed by atoms with E-state index >= 15 is 0 Å². The number of carbonyl (C=O) groups excluding carboxylic acids is 1. The fourth-order valence-corrected chi connectivity index (χ4v) is 4.85. The van der Waals surface area contributed by atoms with Crippen LogP contribution >= 0.6 is 11.6 Å². The number of nitrogens with one attached hydrogen (secondary N) is 1. The number of aromatic nitrogens is 2. The number of benzene rings is 2. The normalized spacial score (nSPS) is 19.8. The van der Waals surface area contributed by atoms with Gasteiger partial charge in [0, 0.05) is 29.3 Å². The summed E-state index contributed by atoms with van der Waals surface area (Å²) >= 11 is 6.11. The molecule has 0 radical (unpaired) electrons. The van der Waals surface area contributed by atoms with Crippen molar-refractivity contribution in [2.75, 3.05) is 19.8 Å². The van der Waals surface area contributed by atoms with Crippen molar-refractivity contribution in [1.82, 2.24) is 15.1 Å². The van der Waals surface area contributed by atoms with Gasteiger partial charge in [-0.25, -0.2) is 0 Å². The number of rotatable bonds is 8. The summed E-state index contributed by atoms with van der Waals surface area (Å²) < 4.78 is 11.8. The Labute approximate surface area is 205 Å². The van der Waals surface area contributed by atoms with Gasteiger partial charge in [0.05, 0.1) is 24.4 Å². The minimum atomic E-state index is -0.249. The van der Waals surface area contributed by atoms with E-state index < -0.39 is 0 Å². The van der Waals surface area contributed by atoms with E-state index in [9.17, 15) is 4.79 Å². The summed E-state index contributed by atoms with van der Waals surface area (Å²) in [7, 11) is 0. The molecule has 0 bridgehead atoms. The molecular weight excluding hydrogens is 450 g/mol. The molecule has 1 saturated heterocycles. The van der Waals surface area contributed by atoms with E-state index in [1.165, 1.54) is 0 Å². The van der Waals surface area contributed by atoms with Crippen LogP contribution in [0.2, 0.25) is 5.02 Å². The smallest absolute Gasteiger partial charge is 0.273 e. The van der Waals surface area contributed by atoms with Gasteiger partial charge in [-0.1, -0.05) is 49.7 Å². The molecule has 7 heteroatoms. The third kappa shape index (κ3) is 4.57. The molecule has 0 saturated carbocycles. The summed E-state index contributed by atoms with van der Waals surface area (Å²) in [6.07, 6.45) is 3.07. The lowest BCUT2D eigenvalue weighted by atomic mass is 9.96. The first-order valence-corrected chi connectivity index (χ1v) is 12.4. The number of fused-ring (bicyclic) bond motifs is 1. The van der Waals surface area contributed by atoms with Gasteiger partial charge in [0.1, 0.15) is 11.4 Å². The van der Waals surface area contributed by atoms with Gasteiger partial charge in [0.15, 0.2) is 0 Å². The molecule has 0 aliphatic carbocycles. The average Bonchev–Trinajstić information content (AvgIpc) is 3.55. The maximum atomic E-state index is 13.5. The van der Waals surface area contributed by atoms with Crippen LogP contribution in [0.15, 0.2) is 48.5 Å². The zero-order valence-corrected chi connectivity index (χ0v) is 20.3. The summed E-state index contributed by atoms with van der Waals surface area (Å²) in [4.78, 5) is 15.4. The minimum absolute atomic E-state index is 0.0412. The Morgan fingerprint density at radius 2 is 1.94 bits per heavy atom. The molecule has 2 aliphatic rings. The van der Waals surface area contributed by atoms with Crippen molar-refractivity contribution in [2.45, 2.75) is 45.3 Å². The summed E-state index contributed by atoms with van der Waals surface area (Å²) in [5, 5.41) is 8.21. The second-order valence-corrected chi connectivity index (χ2v) is 9.90.